The van der Waals surface area contributed by atoms with Crippen LogP contribution in [0.2, 0.25) is 0 Å². The lowest BCUT2D eigenvalue weighted by atomic mass is 10.1. The van der Waals surface area contributed by atoms with Crippen LogP contribution < -0.4 is 15.5 Å². The monoisotopic (exact) mass is 388 g/mol. The van der Waals surface area contributed by atoms with E-state index in [2.05, 4.69) is 22.6 Å². The van der Waals surface area contributed by atoms with Crippen molar-refractivity contribution in [3.05, 3.63) is 84.3 Å². The summed E-state index contributed by atoms with van der Waals surface area (Å²) in [5, 5.41) is 12.1. The molecule has 2 heterocycles. The van der Waals surface area contributed by atoms with E-state index in [4.69, 9.17) is 9.94 Å². The average Bonchev–Trinajstić information content (AvgIpc) is 3.26. The molecule has 4 aromatic rings. The highest BCUT2D eigenvalue weighted by molar-refractivity contribution is 5.93. The van der Waals surface area contributed by atoms with Crippen LogP contribution >= 0.6 is 0 Å². The zero-order valence-corrected chi connectivity index (χ0v) is 15.8. The minimum absolute atomic E-state index is 0.384. The van der Waals surface area contributed by atoms with Gasteiger partial charge < -0.3 is 14.5 Å². The molecule has 0 saturated heterocycles. The Morgan fingerprint density at radius 1 is 1.10 bits per heavy atom. The molecule has 7 nitrogen and oxygen atoms in total. The van der Waals surface area contributed by atoms with Crippen LogP contribution in [0.25, 0.3) is 16.8 Å². The van der Waals surface area contributed by atoms with Gasteiger partial charge in [0.05, 0.1) is 7.11 Å². The second-order valence-electron chi connectivity index (χ2n) is 6.51. The zero-order valence-electron chi connectivity index (χ0n) is 15.8. The number of carbonyl (C=O) groups excluding carboxylic acids is 1. The Morgan fingerprint density at radius 3 is 2.55 bits per heavy atom. The second-order valence-corrected chi connectivity index (χ2v) is 6.51. The number of nitrogens with one attached hydrogen (secondary N) is 2. The third kappa shape index (κ3) is 3.90. The molecule has 1 amide bonds. The van der Waals surface area contributed by atoms with Crippen LogP contribution in [0.3, 0.4) is 0 Å². The summed E-state index contributed by atoms with van der Waals surface area (Å²) < 4.78 is 7.25. The van der Waals surface area contributed by atoms with Gasteiger partial charge in [-0.1, -0.05) is 12.1 Å². The number of imidazole rings is 1. The topological polar surface area (TPSA) is 87.9 Å². The first-order valence-electron chi connectivity index (χ1n) is 9.06. The Hall–Kier alpha value is -3.84. The molecule has 3 N–H and O–H groups in total. The van der Waals surface area contributed by atoms with Crippen LogP contribution in [0.15, 0.2) is 73.2 Å². The fourth-order valence-corrected chi connectivity index (χ4v) is 3.18. The number of fused-ring (bicyclic) bond motifs is 1. The standard InChI is InChI=1S/C22H20N4O3/c1-29-20-8-4-15(5-9-20)18-12-17(21-23-10-11-26(21)14-18)13-24-19-6-2-16(3-7-19)22(27)25-28/h2-12,14,24,28H,13H2,1H3,(H,25,27). The quantitative estimate of drug-likeness (QED) is 0.346. The molecule has 0 radical (unpaired) electrons. The van der Waals surface area contributed by atoms with Crippen LogP contribution in [0.1, 0.15) is 15.9 Å². The summed E-state index contributed by atoms with van der Waals surface area (Å²) in [5.74, 6) is 0.278. The molecule has 2 aromatic carbocycles. The van der Waals surface area contributed by atoms with Gasteiger partial charge in [-0.05, 0) is 53.6 Å². The average molecular weight is 388 g/mol. The molecule has 0 aliphatic heterocycles. The summed E-state index contributed by atoms with van der Waals surface area (Å²) >= 11 is 0. The summed E-state index contributed by atoms with van der Waals surface area (Å²) in [7, 11) is 1.65. The number of rotatable bonds is 6. The van der Waals surface area contributed by atoms with Gasteiger partial charge in [-0.25, -0.2) is 10.5 Å². The SMILES string of the molecule is COc1ccc(-c2cc(CNc3ccc(C(=O)NO)cc3)c3nccn3c2)cc1. The molecule has 4 rings (SSSR count). The van der Waals surface area contributed by atoms with Crippen molar-refractivity contribution in [2.45, 2.75) is 6.54 Å². The number of amides is 1. The minimum Gasteiger partial charge on any atom is -0.497 e. The zero-order chi connectivity index (χ0) is 20.2. The number of hydrogen-bond donors (Lipinski definition) is 3. The van der Waals surface area contributed by atoms with Crippen molar-refractivity contribution in [1.29, 1.82) is 0 Å². The van der Waals surface area contributed by atoms with E-state index in [-0.39, 0.29) is 0 Å². The predicted octanol–water partition coefficient (Wildman–Crippen LogP) is 3.74. The molecule has 0 aliphatic carbocycles. The number of methoxy groups -OCH3 is 1. The number of anilines is 1. The van der Waals surface area contributed by atoms with Gasteiger partial charge in [0.2, 0.25) is 0 Å². The number of carbonyl (C=O) groups is 1. The number of hydrogen-bond acceptors (Lipinski definition) is 5. The van der Waals surface area contributed by atoms with E-state index in [9.17, 15) is 4.79 Å². The van der Waals surface area contributed by atoms with Crippen molar-refractivity contribution >= 4 is 17.2 Å². The summed E-state index contributed by atoms with van der Waals surface area (Å²) in [6.45, 7) is 0.566. The van der Waals surface area contributed by atoms with Crippen LogP contribution in [0.5, 0.6) is 5.75 Å². The van der Waals surface area contributed by atoms with Gasteiger partial charge >= 0.3 is 0 Å². The lowest BCUT2D eigenvalue weighted by Crippen LogP contribution is -2.18. The van der Waals surface area contributed by atoms with Crippen LogP contribution in [-0.4, -0.2) is 27.6 Å². The van der Waals surface area contributed by atoms with E-state index in [0.29, 0.717) is 12.1 Å². The van der Waals surface area contributed by atoms with E-state index in [0.717, 1.165) is 33.8 Å². The number of nitrogens with zero attached hydrogens (tertiary/aromatic N) is 2. The van der Waals surface area contributed by atoms with E-state index >= 15 is 0 Å². The fourth-order valence-electron chi connectivity index (χ4n) is 3.18. The third-order valence-corrected chi connectivity index (χ3v) is 4.72. The Kier molecular flexibility index (Phi) is 5.13. The summed E-state index contributed by atoms with van der Waals surface area (Å²) in [6.07, 6.45) is 5.75. The first kappa shape index (κ1) is 18.5. The highest BCUT2D eigenvalue weighted by Crippen LogP contribution is 2.25. The van der Waals surface area contributed by atoms with Gasteiger partial charge in [0, 0.05) is 41.9 Å². The maximum Gasteiger partial charge on any atom is 0.274 e. The molecule has 7 heteroatoms. The Bertz CT molecular complexity index is 1140. The van der Waals surface area contributed by atoms with E-state index in [1.807, 2.05) is 34.9 Å². The largest absolute Gasteiger partial charge is 0.497 e. The smallest absolute Gasteiger partial charge is 0.274 e. The lowest BCUT2D eigenvalue weighted by molar-refractivity contribution is 0.0706. The van der Waals surface area contributed by atoms with Crippen molar-refractivity contribution in [1.82, 2.24) is 14.9 Å². The highest BCUT2D eigenvalue weighted by Gasteiger charge is 2.09. The molecule has 2 aromatic heterocycles. The first-order valence-corrected chi connectivity index (χ1v) is 9.06. The normalized spacial score (nSPS) is 10.7. The minimum atomic E-state index is -0.539. The van der Waals surface area contributed by atoms with Gasteiger partial charge in [-0.2, -0.15) is 0 Å². The number of aromatic nitrogens is 2. The number of benzene rings is 2. The Balaban J connectivity index is 1.59. The van der Waals surface area contributed by atoms with E-state index in [1.165, 1.54) is 0 Å². The molecule has 29 heavy (non-hydrogen) atoms. The van der Waals surface area contributed by atoms with E-state index in [1.54, 1.807) is 43.1 Å². The van der Waals surface area contributed by atoms with Gasteiger partial charge in [0.1, 0.15) is 11.4 Å². The molecule has 0 spiro atoms. The molecule has 146 valence electrons. The van der Waals surface area contributed by atoms with Crippen molar-refractivity contribution in [2.24, 2.45) is 0 Å². The first-order chi connectivity index (χ1) is 14.2. The molecule has 0 aliphatic rings. The number of hydroxylamine groups is 1. The number of ether oxygens (including phenoxy) is 1. The number of pyridine rings is 1. The van der Waals surface area contributed by atoms with Crippen LogP contribution in [0.4, 0.5) is 5.69 Å². The van der Waals surface area contributed by atoms with Gasteiger partial charge in [-0.3, -0.25) is 10.0 Å². The molecule has 0 fully saturated rings. The van der Waals surface area contributed by atoms with Crippen molar-refractivity contribution in [3.63, 3.8) is 0 Å². The summed E-state index contributed by atoms with van der Waals surface area (Å²) in [4.78, 5) is 15.9. The molecular weight excluding hydrogens is 368 g/mol. The fraction of sp³-hybridized carbons (Fsp3) is 0.0909. The second kappa shape index (κ2) is 8.04. The third-order valence-electron chi connectivity index (χ3n) is 4.72. The molecular formula is C22H20N4O3. The Morgan fingerprint density at radius 2 is 1.86 bits per heavy atom. The predicted molar refractivity (Wildman–Crippen MR) is 110 cm³/mol. The van der Waals surface area contributed by atoms with Crippen molar-refractivity contribution in [3.8, 4) is 16.9 Å². The maximum atomic E-state index is 11.4. The van der Waals surface area contributed by atoms with Gasteiger partial charge in [-0.15, -0.1) is 0 Å². The van der Waals surface area contributed by atoms with Gasteiger partial charge in [0.25, 0.3) is 5.91 Å². The maximum absolute atomic E-state index is 11.4. The molecule has 0 unspecified atom stereocenters. The Labute approximate surface area is 167 Å². The van der Waals surface area contributed by atoms with Crippen LogP contribution in [-0.2, 0) is 6.54 Å². The molecule has 0 bridgehead atoms. The summed E-state index contributed by atoms with van der Waals surface area (Å²) in [6, 6.07) is 16.9. The van der Waals surface area contributed by atoms with E-state index < -0.39 is 5.91 Å². The lowest BCUT2D eigenvalue weighted by Gasteiger charge is -2.11. The molecule has 0 saturated carbocycles. The van der Waals surface area contributed by atoms with Gasteiger partial charge in [0.15, 0.2) is 0 Å². The van der Waals surface area contributed by atoms with Crippen LogP contribution in [0, 0.1) is 0 Å². The summed E-state index contributed by atoms with van der Waals surface area (Å²) in [5.41, 5.74) is 6.95. The highest BCUT2D eigenvalue weighted by atomic mass is 16.5. The molecule has 0 atom stereocenters. The van der Waals surface area contributed by atoms with Crippen molar-refractivity contribution in [2.75, 3.05) is 12.4 Å². The van der Waals surface area contributed by atoms with Crippen molar-refractivity contribution < 1.29 is 14.7 Å².